The topological polar surface area (TPSA) is 55.8 Å². The Kier molecular flexibility index (Phi) is 8.88. The van der Waals surface area contributed by atoms with Crippen LogP contribution in [0, 0.1) is 0 Å². The molecule has 0 aliphatic carbocycles. The van der Waals surface area contributed by atoms with Crippen molar-refractivity contribution >= 4 is 11.7 Å². The molecule has 0 spiro atoms. The second-order valence-corrected chi connectivity index (χ2v) is 9.39. The van der Waals surface area contributed by atoms with Crippen LogP contribution in [0.5, 0.6) is 17.2 Å². The second-order valence-electron chi connectivity index (χ2n) is 9.39. The molecular formula is C28H37N2O4+. The average molecular weight is 466 g/mol. The minimum absolute atomic E-state index is 0.104. The van der Waals surface area contributed by atoms with Crippen LogP contribution in [0.25, 0.3) is 0 Å². The molecule has 0 bridgehead atoms. The average Bonchev–Trinajstić information content (AvgIpc) is 3.36. The van der Waals surface area contributed by atoms with Crippen molar-refractivity contribution in [2.45, 2.75) is 32.6 Å². The molecule has 2 aromatic carbocycles. The molecule has 0 atom stereocenters. The Hall–Kier alpha value is -3.12. The van der Waals surface area contributed by atoms with E-state index in [9.17, 15) is 9.59 Å². The fourth-order valence-electron chi connectivity index (χ4n) is 4.07. The minimum Gasteiger partial charge on any atom is -0.483 e. The normalized spacial score (nSPS) is 13.6. The highest BCUT2D eigenvalue weighted by Crippen LogP contribution is 2.35. The molecule has 182 valence electrons. The van der Waals surface area contributed by atoms with Crippen molar-refractivity contribution < 1.29 is 23.5 Å². The number of ether oxygens (including phenoxy) is 2. The van der Waals surface area contributed by atoms with Gasteiger partial charge in [0.05, 0.1) is 14.1 Å². The summed E-state index contributed by atoms with van der Waals surface area (Å²) in [5.74, 6) is 2.26. The predicted molar refractivity (Wildman–Crippen MR) is 135 cm³/mol. The molecule has 1 aliphatic rings. The molecule has 6 nitrogen and oxygen atoms in total. The molecule has 1 amide bonds. The molecule has 0 N–H and O–H groups in total. The Morgan fingerprint density at radius 3 is 2.44 bits per heavy atom. The van der Waals surface area contributed by atoms with Gasteiger partial charge in [-0.15, -0.1) is 6.58 Å². The van der Waals surface area contributed by atoms with E-state index in [4.69, 9.17) is 9.47 Å². The van der Waals surface area contributed by atoms with Crippen LogP contribution in [0.3, 0.4) is 0 Å². The first-order chi connectivity index (χ1) is 16.3. The molecule has 34 heavy (non-hydrogen) atoms. The van der Waals surface area contributed by atoms with Crippen molar-refractivity contribution in [2.24, 2.45) is 0 Å². The van der Waals surface area contributed by atoms with Crippen LogP contribution in [0.1, 0.15) is 42.1 Å². The standard InChI is InChI=1S/C28H37N2O4/c1-5-10-23-11-9-12-26(34-24-15-13-22(14-16-24)25(31)6-2)28(23)33-20-19-30(3,4)21-27(32)29-17-7-8-18-29/h5,9,11-16H,1,6-8,10,17-21H2,2-4H3/q+1. The molecule has 2 aromatic rings. The lowest BCUT2D eigenvalue weighted by Crippen LogP contribution is -2.50. The fourth-order valence-corrected chi connectivity index (χ4v) is 4.07. The van der Waals surface area contributed by atoms with Crippen molar-refractivity contribution in [3.8, 4) is 17.2 Å². The monoisotopic (exact) mass is 465 g/mol. The molecule has 3 rings (SSSR count). The van der Waals surface area contributed by atoms with Crippen LogP contribution in [0.4, 0.5) is 0 Å². The van der Waals surface area contributed by atoms with E-state index in [0.717, 1.165) is 31.5 Å². The molecule has 1 fully saturated rings. The number of rotatable bonds is 12. The quantitative estimate of drug-likeness (QED) is 0.255. The highest BCUT2D eigenvalue weighted by atomic mass is 16.5. The molecule has 6 heteroatoms. The summed E-state index contributed by atoms with van der Waals surface area (Å²) < 4.78 is 12.9. The van der Waals surface area contributed by atoms with E-state index in [2.05, 4.69) is 20.7 Å². The van der Waals surface area contributed by atoms with Gasteiger partial charge in [-0.2, -0.15) is 0 Å². The molecule has 0 unspecified atom stereocenters. The van der Waals surface area contributed by atoms with E-state index in [1.165, 1.54) is 0 Å². The van der Waals surface area contributed by atoms with Crippen molar-refractivity contribution in [2.75, 3.05) is 46.9 Å². The van der Waals surface area contributed by atoms with Crippen LogP contribution in [0.2, 0.25) is 0 Å². The molecule has 0 aromatic heterocycles. The number of hydrogen-bond acceptors (Lipinski definition) is 4. The van der Waals surface area contributed by atoms with Crippen LogP contribution in [0.15, 0.2) is 55.1 Å². The van der Waals surface area contributed by atoms with E-state index in [-0.39, 0.29) is 11.7 Å². The number of carbonyl (C=O) groups excluding carboxylic acids is 2. The van der Waals surface area contributed by atoms with Gasteiger partial charge in [-0.25, -0.2) is 0 Å². The lowest BCUT2D eigenvalue weighted by molar-refractivity contribution is -0.882. The molecular weight excluding hydrogens is 428 g/mol. The Bertz CT molecular complexity index is 992. The van der Waals surface area contributed by atoms with Gasteiger partial charge in [0.2, 0.25) is 0 Å². The van der Waals surface area contributed by atoms with Gasteiger partial charge in [-0.1, -0.05) is 25.1 Å². The number of likely N-dealkylation sites (N-methyl/N-ethyl adjacent to an activating group) is 1. The van der Waals surface area contributed by atoms with Gasteiger partial charge in [0.25, 0.3) is 5.91 Å². The first-order valence-electron chi connectivity index (χ1n) is 12.1. The Morgan fingerprint density at radius 2 is 1.79 bits per heavy atom. The summed E-state index contributed by atoms with van der Waals surface area (Å²) in [6, 6.07) is 13.0. The third-order valence-corrected chi connectivity index (χ3v) is 6.11. The van der Waals surface area contributed by atoms with E-state index in [1.54, 1.807) is 24.3 Å². The molecule has 1 saturated heterocycles. The zero-order valence-electron chi connectivity index (χ0n) is 20.7. The number of amides is 1. The van der Waals surface area contributed by atoms with Crippen molar-refractivity contribution in [3.63, 3.8) is 0 Å². The Morgan fingerprint density at radius 1 is 1.09 bits per heavy atom. The van der Waals surface area contributed by atoms with Crippen LogP contribution in [-0.4, -0.2) is 68.0 Å². The van der Waals surface area contributed by atoms with Gasteiger partial charge >= 0.3 is 0 Å². The van der Waals surface area contributed by atoms with Crippen LogP contribution >= 0.6 is 0 Å². The summed E-state index contributed by atoms with van der Waals surface area (Å²) in [5, 5.41) is 0. The minimum atomic E-state index is 0.104. The highest BCUT2D eigenvalue weighted by molar-refractivity contribution is 5.95. The zero-order chi connectivity index (χ0) is 24.6. The van der Waals surface area contributed by atoms with E-state index >= 15 is 0 Å². The SMILES string of the molecule is C=CCc1cccc(Oc2ccc(C(=O)CC)cc2)c1OCC[N+](C)(C)CC(=O)N1CCCC1. The van der Waals surface area contributed by atoms with Gasteiger partial charge in [-0.05, 0) is 49.6 Å². The van der Waals surface area contributed by atoms with Gasteiger partial charge in [0.15, 0.2) is 23.8 Å². The summed E-state index contributed by atoms with van der Waals surface area (Å²) in [5.41, 5.74) is 1.67. The van der Waals surface area contributed by atoms with E-state index in [1.807, 2.05) is 36.1 Å². The number of nitrogens with zero attached hydrogens (tertiary/aromatic N) is 2. The van der Waals surface area contributed by atoms with E-state index < -0.39 is 0 Å². The summed E-state index contributed by atoms with van der Waals surface area (Å²) >= 11 is 0. The number of carbonyl (C=O) groups is 2. The lowest BCUT2D eigenvalue weighted by atomic mass is 10.1. The summed E-state index contributed by atoms with van der Waals surface area (Å²) in [6.45, 7) is 9.06. The van der Waals surface area contributed by atoms with Gasteiger partial charge in [0, 0.05) is 30.6 Å². The third kappa shape index (κ3) is 6.94. The summed E-state index contributed by atoms with van der Waals surface area (Å²) in [4.78, 5) is 26.5. The number of likely N-dealkylation sites (tertiary alicyclic amines) is 1. The van der Waals surface area contributed by atoms with Gasteiger partial charge < -0.3 is 18.9 Å². The maximum absolute atomic E-state index is 12.6. The Labute approximate surface area is 203 Å². The largest absolute Gasteiger partial charge is 0.483 e. The number of benzene rings is 2. The molecule has 0 radical (unpaired) electrons. The zero-order valence-corrected chi connectivity index (χ0v) is 20.7. The van der Waals surface area contributed by atoms with Gasteiger partial charge in [0.1, 0.15) is 18.9 Å². The van der Waals surface area contributed by atoms with Crippen molar-refractivity contribution in [1.82, 2.24) is 4.90 Å². The highest BCUT2D eigenvalue weighted by Gasteiger charge is 2.26. The molecule has 1 aliphatic heterocycles. The smallest absolute Gasteiger partial charge is 0.277 e. The number of hydrogen-bond donors (Lipinski definition) is 0. The summed E-state index contributed by atoms with van der Waals surface area (Å²) in [7, 11) is 4.12. The summed E-state index contributed by atoms with van der Waals surface area (Å²) in [6.07, 6.45) is 5.17. The van der Waals surface area contributed by atoms with Crippen LogP contribution < -0.4 is 9.47 Å². The number of ketones is 1. The van der Waals surface area contributed by atoms with E-state index in [0.29, 0.717) is 59.8 Å². The predicted octanol–water partition coefficient (Wildman–Crippen LogP) is 4.88. The molecule has 0 saturated carbocycles. The van der Waals surface area contributed by atoms with Crippen LogP contribution in [-0.2, 0) is 11.2 Å². The van der Waals surface area contributed by atoms with Crippen molar-refractivity contribution in [1.29, 1.82) is 0 Å². The maximum atomic E-state index is 12.6. The fraction of sp³-hybridized carbons (Fsp3) is 0.429. The third-order valence-electron chi connectivity index (χ3n) is 6.11. The lowest BCUT2D eigenvalue weighted by Gasteiger charge is -2.31. The van der Waals surface area contributed by atoms with Crippen molar-refractivity contribution in [3.05, 3.63) is 66.2 Å². The van der Waals surface area contributed by atoms with Gasteiger partial charge in [-0.3, -0.25) is 9.59 Å². The number of para-hydroxylation sites is 1. The first-order valence-corrected chi connectivity index (χ1v) is 12.1. The second kappa shape index (κ2) is 11.8. The Balaban J connectivity index is 1.68. The maximum Gasteiger partial charge on any atom is 0.277 e. The number of allylic oxidation sites excluding steroid dienone is 1. The number of quaternary nitrogens is 1. The molecule has 1 heterocycles. The first kappa shape index (κ1) is 25.5. The number of Topliss-reactive ketones (excluding diaryl/α,β-unsaturated/α-hetero) is 1.